The van der Waals surface area contributed by atoms with Crippen molar-refractivity contribution in [2.24, 2.45) is 0 Å². The van der Waals surface area contributed by atoms with Gasteiger partial charge < -0.3 is 4.74 Å². The zero-order chi connectivity index (χ0) is 17.7. The molecule has 0 saturated carbocycles. The Morgan fingerprint density at radius 1 is 1.12 bits per heavy atom. The zero-order valence-corrected chi connectivity index (χ0v) is 14.6. The van der Waals surface area contributed by atoms with Gasteiger partial charge in [0.15, 0.2) is 16.9 Å². The number of ether oxygens (including phenoxy) is 1. The SMILES string of the molecule is COc1cc(F)cc2c1nnc1c(C)nc(-c3cc(C)ccc3Cl)n12. The second kappa shape index (κ2) is 5.67. The second-order valence-electron chi connectivity index (χ2n) is 5.84. The Balaban J connectivity index is 2.19. The maximum Gasteiger partial charge on any atom is 0.183 e. The summed E-state index contributed by atoms with van der Waals surface area (Å²) >= 11 is 6.39. The highest BCUT2D eigenvalue weighted by Crippen LogP contribution is 2.33. The van der Waals surface area contributed by atoms with Gasteiger partial charge in [0.05, 0.1) is 23.3 Å². The molecular formula is C18H14ClFN4O. The highest BCUT2D eigenvalue weighted by Gasteiger charge is 2.19. The van der Waals surface area contributed by atoms with Crippen molar-refractivity contribution < 1.29 is 9.13 Å². The third-order valence-electron chi connectivity index (χ3n) is 4.11. The molecule has 7 heteroatoms. The van der Waals surface area contributed by atoms with Crippen LogP contribution in [0.25, 0.3) is 28.1 Å². The van der Waals surface area contributed by atoms with Crippen molar-refractivity contribution in [3.8, 4) is 17.1 Å². The number of benzene rings is 2. The van der Waals surface area contributed by atoms with Crippen molar-refractivity contribution in [3.05, 3.63) is 52.4 Å². The maximum atomic E-state index is 14.1. The zero-order valence-electron chi connectivity index (χ0n) is 13.8. The third kappa shape index (κ3) is 2.41. The number of methoxy groups -OCH3 is 1. The number of imidazole rings is 1. The maximum absolute atomic E-state index is 14.1. The van der Waals surface area contributed by atoms with Gasteiger partial charge in [0.25, 0.3) is 0 Å². The van der Waals surface area contributed by atoms with Crippen LogP contribution in [-0.2, 0) is 0 Å². The van der Waals surface area contributed by atoms with Gasteiger partial charge in [0.2, 0.25) is 0 Å². The molecule has 0 radical (unpaired) electrons. The van der Waals surface area contributed by atoms with Gasteiger partial charge in [0, 0.05) is 17.7 Å². The van der Waals surface area contributed by atoms with Crippen LogP contribution in [0.3, 0.4) is 0 Å². The second-order valence-corrected chi connectivity index (χ2v) is 6.25. The monoisotopic (exact) mass is 356 g/mol. The van der Waals surface area contributed by atoms with Gasteiger partial charge in [-0.05, 0) is 26.0 Å². The molecule has 4 aromatic rings. The van der Waals surface area contributed by atoms with Gasteiger partial charge in [0.1, 0.15) is 11.6 Å². The van der Waals surface area contributed by atoms with E-state index in [0.717, 1.165) is 11.1 Å². The van der Waals surface area contributed by atoms with E-state index in [1.807, 2.05) is 32.0 Å². The number of hydrogen-bond acceptors (Lipinski definition) is 4. The van der Waals surface area contributed by atoms with E-state index in [9.17, 15) is 4.39 Å². The number of fused-ring (bicyclic) bond motifs is 3. The molecule has 0 aliphatic carbocycles. The molecule has 0 bridgehead atoms. The largest absolute Gasteiger partial charge is 0.494 e. The van der Waals surface area contributed by atoms with Crippen LogP contribution in [0.1, 0.15) is 11.3 Å². The molecule has 0 aliphatic rings. The van der Waals surface area contributed by atoms with Crippen LogP contribution in [0.15, 0.2) is 30.3 Å². The van der Waals surface area contributed by atoms with Crippen LogP contribution in [-0.4, -0.2) is 26.7 Å². The Morgan fingerprint density at radius 2 is 1.92 bits per heavy atom. The van der Waals surface area contributed by atoms with E-state index in [4.69, 9.17) is 16.3 Å². The van der Waals surface area contributed by atoms with E-state index in [0.29, 0.717) is 39.0 Å². The summed E-state index contributed by atoms with van der Waals surface area (Å²) in [7, 11) is 1.47. The lowest BCUT2D eigenvalue weighted by Gasteiger charge is -2.09. The van der Waals surface area contributed by atoms with Gasteiger partial charge in [-0.25, -0.2) is 9.37 Å². The van der Waals surface area contributed by atoms with Crippen molar-refractivity contribution in [2.75, 3.05) is 7.11 Å². The average molecular weight is 357 g/mol. The molecule has 0 aliphatic heterocycles. The van der Waals surface area contributed by atoms with Gasteiger partial charge in [-0.3, -0.25) is 4.40 Å². The van der Waals surface area contributed by atoms with Gasteiger partial charge >= 0.3 is 0 Å². The average Bonchev–Trinajstić information content (AvgIpc) is 2.93. The Hall–Kier alpha value is -2.73. The first-order valence-corrected chi connectivity index (χ1v) is 8.03. The smallest absolute Gasteiger partial charge is 0.183 e. The molecule has 2 heterocycles. The minimum atomic E-state index is -0.425. The Kier molecular flexibility index (Phi) is 3.58. The van der Waals surface area contributed by atoms with E-state index in [2.05, 4.69) is 15.2 Å². The van der Waals surface area contributed by atoms with Crippen molar-refractivity contribution in [3.63, 3.8) is 0 Å². The van der Waals surface area contributed by atoms with Crippen LogP contribution in [0, 0.1) is 19.7 Å². The summed E-state index contributed by atoms with van der Waals surface area (Å²) in [6, 6.07) is 8.37. The summed E-state index contributed by atoms with van der Waals surface area (Å²) in [6.45, 7) is 3.81. The first-order valence-electron chi connectivity index (χ1n) is 7.65. The predicted molar refractivity (Wildman–Crippen MR) is 94.7 cm³/mol. The molecule has 2 aromatic heterocycles. The molecule has 0 saturated heterocycles. The minimum Gasteiger partial charge on any atom is -0.494 e. The number of nitrogens with zero attached hydrogens (tertiary/aromatic N) is 4. The highest BCUT2D eigenvalue weighted by molar-refractivity contribution is 6.33. The van der Waals surface area contributed by atoms with E-state index in [-0.39, 0.29) is 0 Å². The highest BCUT2D eigenvalue weighted by atomic mass is 35.5. The lowest BCUT2D eigenvalue weighted by molar-refractivity contribution is 0.415. The summed E-state index contributed by atoms with van der Waals surface area (Å²) in [5, 5.41) is 9.00. The standard InChI is InChI=1S/C18H14ClFN4O/c1-9-4-5-13(19)12(6-9)18-21-10(2)17-23-22-16-14(24(17)18)7-11(20)8-15(16)25-3/h4-8H,1-3H3. The lowest BCUT2D eigenvalue weighted by atomic mass is 10.1. The number of rotatable bonds is 2. The molecule has 0 N–H and O–H groups in total. The van der Waals surface area contributed by atoms with Crippen molar-refractivity contribution >= 4 is 28.3 Å². The van der Waals surface area contributed by atoms with Crippen LogP contribution in [0.4, 0.5) is 4.39 Å². The number of halogens is 2. The predicted octanol–water partition coefficient (Wildman–Crippen LogP) is 4.36. The van der Waals surface area contributed by atoms with Crippen molar-refractivity contribution in [1.29, 1.82) is 0 Å². The normalized spacial score (nSPS) is 11.4. The molecule has 0 fully saturated rings. The summed E-state index contributed by atoms with van der Waals surface area (Å²) in [4.78, 5) is 4.61. The van der Waals surface area contributed by atoms with E-state index in [1.54, 1.807) is 4.40 Å². The summed E-state index contributed by atoms with van der Waals surface area (Å²) in [5.41, 5.74) is 4.01. The quantitative estimate of drug-likeness (QED) is 0.535. The molecule has 0 unspecified atom stereocenters. The van der Waals surface area contributed by atoms with Crippen molar-refractivity contribution in [2.45, 2.75) is 13.8 Å². The molecule has 25 heavy (non-hydrogen) atoms. The van der Waals surface area contributed by atoms with Gasteiger partial charge in [-0.15, -0.1) is 10.2 Å². The van der Waals surface area contributed by atoms with Gasteiger partial charge in [-0.2, -0.15) is 0 Å². The van der Waals surface area contributed by atoms with E-state index < -0.39 is 5.82 Å². The number of aryl methyl sites for hydroxylation is 2. The molecule has 0 atom stereocenters. The fourth-order valence-electron chi connectivity index (χ4n) is 2.94. The molecule has 5 nitrogen and oxygen atoms in total. The minimum absolute atomic E-state index is 0.317. The Bertz CT molecular complexity index is 1140. The molecule has 0 amide bonds. The van der Waals surface area contributed by atoms with Crippen molar-refractivity contribution in [1.82, 2.24) is 19.6 Å². The van der Waals surface area contributed by atoms with Crippen LogP contribution in [0.5, 0.6) is 5.75 Å². The first-order chi connectivity index (χ1) is 12.0. The third-order valence-corrected chi connectivity index (χ3v) is 4.44. The molecular weight excluding hydrogens is 343 g/mol. The number of hydrogen-bond donors (Lipinski definition) is 0. The number of aromatic nitrogens is 4. The topological polar surface area (TPSA) is 52.3 Å². The van der Waals surface area contributed by atoms with Crippen LogP contribution < -0.4 is 4.74 Å². The van der Waals surface area contributed by atoms with Crippen LogP contribution >= 0.6 is 11.6 Å². The summed E-state index contributed by atoms with van der Waals surface area (Å²) in [5.74, 6) is 0.483. The van der Waals surface area contributed by atoms with Crippen LogP contribution in [0.2, 0.25) is 5.02 Å². The molecule has 4 rings (SSSR count). The van der Waals surface area contributed by atoms with E-state index >= 15 is 0 Å². The Morgan fingerprint density at radius 3 is 2.68 bits per heavy atom. The van der Waals surface area contributed by atoms with E-state index in [1.165, 1.54) is 19.2 Å². The fraction of sp³-hybridized carbons (Fsp3) is 0.167. The lowest BCUT2D eigenvalue weighted by Crippen LogP contribution is -2.00. The van der Waals surface area contributed by atoms with Gasteiger partial charge in [-0.1, -0.05) is 23.2 Å². The summed E-state index contributed by atoms with van der Waals surface area (Å²) < 4.78 is 21.1. The first kappa shape index (κ1) is 15.8. The summed E-state index contributed by atoms with van der Waals surface area (Å²) in [6.07, 6.45) is 0. The molecule has 2 aromatic carbocycles. The fourth-order valence-corrected chi connectivity index (χ4v) is 3.14. The molecule has 126 valence electrons. The molecule has 0 spiro atoms. The Labute approximate surface area is 148 Å².